The Hall–Kier alpha value is -3.15. The number of esters is 1. The summed E-state index contributed by atoms with van der Waals surface area (Å²) in [5.41, 5.74) is 3.36. The highest BCUT2D eigenvalue weighted by molar-refractivity contribution is 5.95. The van der Waals surface area contributed by atoms with Crippen LogP contribution in [0.4, 0.5) is 0 Å². The van der Waals surface area contributed by atoms with Gasteiger partial charge >= 0.3 is 5.97 Å². The molecule has 1 N–H and O–H groups in total. The van der Waals surface area contributed by atoms with Crippen LogP contribution >= 0.6 is 0 Å². The maximum atomic E-state index is 12.4. The monoisotopic (exact) mass is 349 g/mol. The van der Waals surface area contributed by atoms with E-state index in [-0.39, 0.29) is 5.91 Å². The fourth-order valence-electron chi connectivity index (χ4n) is 3.36. The zero-order valence-electron chi connectivity index (χ0n) is 14.4. The van der Waals surface area contributed by atoms with Crippen molar-refractivity contribution in [3.8, 4) is 0 Å². The minimum Gasteiger partial charge on any atom is -0.448 e. The quantitative estimate of drug-likeness (QED) is 0.733. The lowest BCUT2D eigenvalue weighted by Gasteiger charge is -2.23. The number of benzene rings is 2. The summed E-state index contributed by atoms with van der Waals surface area (Å²) in [5, 5.41) is 2.87. The van der Waals surface area contributed by atoms with Crippen LogP contribution in [0.2, 0.25) is 0 Å². The Labute approximate surface area is 150 Å². The van der Waals surface area contributed by atoms with E-state index in [1.807, 2.05) is 43.3 Å². The molecule has 0 saturated heterocycles. The standard InChI is InChI=1S/C20H19N3O3/c1-13-22-16-8-4-5-9-17(16)23(13)11-10-21-19(24)18-12-14-6-2-3-7-15(14)20(25)26-18/h2-9,18H,10-12H2,1H3,(H,21,24)/t18-/m0/s1. The van der Waals surface area contributed by atoms with Crippen LogP contribution in [0.15, 0.2) is 48.5 Å². The van der Waals surface area contributed by atoms with Crippen LogP contribution in [0.3, 0.4) is 0 Å². The summed E-state index contributed by atoms with van der Waals surface area (Å²) in [6.07, 6.45) is -0.376. The van der Waals surface area contributed by atoms with Crippen LogP contribution in [-0.4, -0.2) is 34.1 Å². The number of aryl methyl sites for hydroxylation is 1. The van der Waals surface area contributed by atoms with Gasteiger partial charge in [-0.25, -0.2) is 9.78 Å². The van der Waals surface area contributed by atoms with Crippen molar-refractivity contribution in [3.63, 3.8) is 0 Å². The molecule has 0 saturated carbocycles. The minimum atomic E-state index is -0.780. The van der Waals surface area contributed by atoms with Gasteiger partial charge in [-0.15, -0.1) is 0 Å². The fraction of sp³-hybridized carbons (Fsp3) is 0.250. The first-order chi connectivity index (χ1) is 12.6. The number of nitrogens with zero attached hydrogens (tertiary/aromatic N) is 2. The highest BCUT2D eigenvalue weighted by atomic mass is 16.5. The van der Waals surface area contributed by atoms with E-state index in [1.165, 1.54) is 0 Å². The molecule has 0 radical (unpaired) electrons. The number of fused-ring (bicyclic) bond motifs is 2. The Morgan fingerprint density at radius 3 is 2.88 bits per heavy atom. The molecule has 2 heterocycles. The molecule has 6 heteroatoms. The van der Waals surface area contributed by atoms with E-state index < -0.39 is 12.1 Å². The first-order valence-electron chi connectivity index (χ1n) is 8.62. The number of aromatic nitrogens is 2. The van der Waals surface area contributed by atoms with Crippen LogP contribution in [0.25, 0.3) is 11.0 Å². The average molecular weight is 349 g/mol. The maximum absolute atomic E-state index is 12.4. The van der Waals surface area contributed by atoms with E-state index in [9.17, 15) is 9.59 Å². The van der Waals surface area contributed by atoms with Crippen molar-refractivity contribution in [3.05, 3.63) is 65.5 Å². The van der Waals surface area contributed by atoms with Crippen molar-refractivity contribution in [2.45, 2.75) is 26.0 Å². The number of amides is 1. The van der Waals surface area contributed by atoms with E-state index in [0.29, 0.717) is 25.1 Å². The second-order valence-electron chi connectivity index (χ2n) is 6.35. The third-order valence-corrected chi connectivity index (χ3v) is 4.66. The molecule has 3 aromatic rings. The molecule has 1 aliphatic rings. The molecule has 0 fully saturated rings. The van der Waals surface area contributed by atoms with Crippen LogP contribution in [0.5, 0.6) is 0 Å². The number of imidazole rings is 1. The molecule has 26 heavy (non-hydrogen) atoms. The molecule has 0 bridgehead atoms. The topological polar surface area (TPSA) is 73.2 Å². The molecule has 0 aliphatic carbocycles. The van der Waals surface area contributed by atoms with E-state index in [0.717, 1.165) is 22.4 Å². The van der Waals surface area contributed by atoms with Gasteiger partial charge in [0.2, 0.25) is 0 Å². The van der Waals surface area contributed by atoms with E-state index in [4.69, 9.17) is 4.74 Å². The second kappa shape index (κ2) is 6.63. The Bertz CT molecular complexity index is 993. The molecule has 1 aliphatic heterocycles. The first-order valence-corrected chi connectivity index (χ1v) is 8.62. The molecule has 0 unspecified atom stereocenters. The number of hydrogen-bond donors (Lipinski definition) is 1. The van der Waals surface area contributed by atoms with Crippen LogP contribution in [-0.2, 0) is 22.5 Å². The molecule has 2 aromatic carbocycles. The fourth-order valence-corrected chi connectivity index (χ4v) is 3.36. The number of rotatable bonds is 4. The summed E-state index contributed by atoms with van der Waals surface area (Å²) in [6.45, 7) is 2.99. The Morgan fingerprint density at radius 2 is 2.00 bits per heavy atom. The first kappa shape index (κ1) is 16.3. The summed E-state index contributed by atoms with van der Waals surface area (Å²) >= 11 is 0. The molecular formula is C20H19N3O3. The molecular weight excluding hydrogens is 330 g/mol. The predicted molar refractivity (Wildman–Crippen MR) is 96.8 cm³/mol. The molecule has 1 amide bonds. The van der Waals surface area contributed by atoms with Gasteiger partial charge in [0.1, 0.15) is 5.82 Å². The highest BCUT2D eigenvalue weighted by Gasteiger charge is 2.30. The maximum Gasteiger partial charge on any atom is 0.339 e. The van der Waals surface area contributed by atoms with Crippen molar-refractivity contribution >= 4 is 22.9 Å². The average Bonchev–Trinajstić information content (AvgIpc) is 2.97. The third-order valence-electron chi connectivity index (χ3n) is 4.66. The van der Waals surface area contributed by atoms with Crippen molar-refractivity contribution in [1.82, 2.24) is 14.9 Å². The van der Waals surface area contributed by atoms with Gasteiger partial charge in [-0.3, -0.25) is 4.79 Å². The van der Waals surface area contributed by atoms with Gasteiger partial charge in [-0.1, -0.05) is 30.3 Å². The lowest BCUT2D eigenvalue weighted by Crippen LogP contribution is -2.42. The normalized spacial score (nSPS) is 16.2. The summed E-state index contributed by atoms with van der Waals surface area (Å²) in [5.74, 6) is 0.192. The van der Waals surface area contributed by atoms with Gasteiger partial charge in [-0.05, 0) is 30.7 Å². The number of hydrogen-bond acceptors (Lipinski definition) is 4. The van der Waals surface area contributed by atoms with Crippen LogP contribution in [0.1, 0.15) is 21.7 Å². The molecule has 132 valence electrons. The number of nitrogens with one attached hydrogen (secondary N) is 1. The zero-order valence-corrected chi connectivity index (χ0v) is 14.4. The largest absolute Gasteiger partial charge is 0.448 e. The number of para-hydroxylation sites is 2. The summed E-state index contributed by atoms with van der Waals surface area (Å²) in [4.78, 5) is 29.0. The zero-order chi connectivity index (χ0) is 18.1. The Kier molecular flexibility index (Phi) is 4.16. The molecule has 6 nitrogen and oxygen atoms in total. The predicted octanol–water partition coefficient (Wildman–Crippen LogP) is 2.24. The van der Waals surface area contributed by atoms with E-state index in [1.54, 1.807) is 12.1 Å². The molecule has 1 aromatic heterocycles. The molecule has 0 spiro atoms. The Balaban J connectivity index is 1.40. The van der Waals surface area contributed by atoms with Crippen LogP contribution < -0.4 is 5.32 Å². The highest BCUT2D eigenvalue weighted by Crippen LogP contribution is 2.20. The molecule has 1 atom stereocenters. The summed E-state index contributed by atoms with van der Waals surface area (Å²) in [7, 11) is 0. The van der Waals surface area contributed by atoms with Gasteiger partial charge in [0.05, 0.1) is 16.6 Å². The van der Waals surface area contributed by atoms with Crippen molar-refractivity contribution < 1.29 is 14.3 Å². The SMILES string of the molecule is Cc1nc2ccccc2n1CCNC(=O)[C@@H]1Cc2ccccc2C(=O)O1. The molecule has 4 rings (SSSR count). The lowest BCUT2D eigenvalue weighted by atomic mass is 9.98. The second-order valence-corrected chi connectivity index (χ2v) is 6.35. The minimum absolute atomic E-state index is 0.269. The van der Waals surface area contributed by atoms with Crippen molar-refractivity contribution in [1.29, 1.82) is 0 Å². The Morgan fingerprint density at radius 1 is 1.23 bits per heavy atom. The number of cyclic esters (lactones) is 1. The number of carbonyl (C=O) groups is 2. The van der Waals surface area contributed by atoms with E-state index in [2.05, 4.69) is 14.9 Å². The van der Waals surface area contributed by atoms with Crippen molar-refractivity contribution in [2.75, 3.05) is 6.54 Å². The van der Waals surface area contributed by atoms with Gasteiger partial charge in [-0.2, -0.15) is 0 Å². The van der Waals surface area contributed by atoms with Crippen LogP contribution in [0, 0.1) is 6.92 Å². The number of ether oxygens (including phenoxy) is 1. The summed E-state index contributed by atoms with van der Waals surface area (Å²) in [6, 6.07) is 15.1. The smallest absolute Gasteiger partial charge is 0.339 e. The van der Waals surface area contributed by atoms with Gasteiger partial charge in [0.25, 0.3) is 5.91 Å². The lowest BCUT2D eigenvalue weighted by molar-refractivity contribution is -0.130. The van der Waals surface area contributed by atoms with Gasteiger partial charge in [0, 0.05) is 19.5 Å². The number of carbonyl (C=O) groups excluding carboxylic acids is 2. The van der Waals surface area contributed by atoms with E-state index >= 15 is 0 Å². The van der Waals surface area contributed by atoms with Gasteiger partial charge < -0.3 is 14.6 Å². The van der Waals surface area contributed by atoms with Gasteiger partial charge in [0.15, 0.2) is 6.10 Å². The summed E-state index contributed by atoms with van der Waals surface area (Å²) < 4.78 is 7.35. The van der Waals surface area contributed by atoms with Crippen molar-refractivity contribution in [2.24, 2.45) is 0 Å². The third kappa shape index (κ3) is 2.94.